The van der Waals surface area contributed by atoms with Crippen LogP contribution < -0.4 is 9.47 Å². The Morgan fingerprint density at radius 1 is 1.43 bits per heavy atom. The minimum Gasteiger partial charge on any atom is -0.486 e. The van der Waals surface area contributed by atoms with E-state index in [9.17, 15) is 5.11 Å². The van der Waals surface area contributed by atoms with Crippen LogP contribution in [0.2, 0.25) is 0 Å². The Morgan fingerprint density at radius 2 is 2.14 bits per heavy atom. The molecule has 0 bridgehead atoms. The van der Waals surface area contributed by atoms with Crippen LogP contribution in [0.1, 0.15) is 13.3 Å². The largest absolute Gasteiger partial charge is 0.486 e. The van der Waals surface area contributed by atoms with Gasteiger partial charge in [-0.3, -0.25) is 0 Å². The van der Waals surface area contributed by atoms with Gasteiger partial charge in [-0.25, -0.2) is 0 Å². The molecule has 3 nitrogen and oxygen atoms in total. The second-order valence-electron chi connectivity index (χ2n) is 3.58. The van der Waals surface area contributed by atoms with E-state index in [4.69, 9.17) is 9.47 Å². The highest BCUT2D eigenvalue weighted by atomic mass is 16.6. The lowest BCUT2D eigenvalue weighted by Gasteiger charge is -2.27. The van der Waals surface area contributed by atoms with Crippen molar-refractivity contribution >= 4 is 0 Å². The van der Waals surface area contributed by atoms with Crippen molar-refractivity contribution in [2.45, 2.75) is 25.6 Å². The fraction of sp³-hybridized carbons (Fsp3) is 0.455. The molecule has 0 spiro atoms. The molecule has 3 heteroatoms. The van der Waals surface area contributed by atoms with Crippen LogP contribution in [0.5, 0.6) is 11.5 Å². The fourth-order valence-electron chi connectivity index (χ4n) is 1.56. The van der Waals surface area contributed by atoms with Crippen LogP contribution in [0, 0.1) is 0 Å². The molecule has 1 aliphatic rings. The Kier molecular flexibility index (Phi) is 2.59. The number of aliphatic hydroxyl groups excluding tert-OH is 1. The van der Waals surface area contributed by atoms with Gasteiger partial charge in [-0.1, -0.05) is 12.1 Å². The molecule has 0 fully saturated rings. The summed E-state index contributed by atoms with van der Waals surface area (Å²) in [5.74, 6) is 1.55. The van der Waals surface area contributed by atoms with Crippen molar-refractivity contribution in [1.29, 1.82) is 0 Å². The SMILES string of the molecule is C[C@@H](O)CC1COc2ccccc2O1. The van der Waals surface area contributed by atoms with E-state index >= 15 is 0 Å². The van der Waals surface area contributed by atoms with Crippen molar-refractivity contribution in [3.8, 4) is 11.5 Å². The number of hydrogen-bond donors (Lipinski definition) is 1. The number of aliphatic hydroxyl groups is 1. The van der Waals surface area contributed by atoms with Gasteiger partial charge in [-0.2, -0.15) is 0 Å². The highest BCUT2D eigenvalue weighted by Crippen LogP contribution is 2.31. The zero-order valence-electron chi connectivity index (χ0n) is 8.14. The number of fused-ring (bicyclic) bond motifs is 1. The molecular weight excluding hydrogens is 180 g/mol. The van der Waals surface area contributed by atoms with Crippen LogP contribution in [0.3, 0.4) is 0 Å². The monoisotopic (exact) mass is 194 g/mol. The summed E-state index contributed by atoms with van der Waals surface area (Å²) in [6.45, 7) is 2.27. The summed E-state index contributed by atoms with van der Waals surface area (Å²) >= 11 is 0. The van der Waals surface area contributed by atoms with Gasteiger partial charge < -0.3 is 14.6 Å². The van der Waals surface area contributed by atoms with Gasteiger partial charge in [-0.05, 0) is 19.1 Å². The molecule has 0 aromatic heterocycles. The Morgan fingerprint density at radius 3 is 2.86 bits per heavy atom. The first kappa shape index (κ1) is 9.34. The molecule has 1 aromatic carbocycles. The lowest BCUT2D eigenvalue weighted by Crippen LogP contribution is -2.31. The van der Waals surface area contributed by atoms with Crippen LogP contribution in [0.25, 0.3) is 0 Å². The molecule has 0 saturated heterocycles. The summed E-state index contributed by atoms with van der Waals surface area (Å²) in [4.78, 5) is 0. The Hall–Kier alpha value is -1.22. The molecule has 0 aliphatic carbocycles. The molecule has 1 aliphatic heterocycles. The normalized spacial score (nSPS) is 21.7. The maximum absolute atomic E-state index is 9.22. The van der Waals surface area contributed by atoms with E-state index in [0.717, 1.165) is 11.5 Å². The summed E-state index contributed by atoms with van der Waals surface area (Å²) in [5.41, 5.74) is 0. The number of para-hydroxylation sites is 2. The van der Waals surface area contributed by atoms with Gasteiger partial charge in [0, 0.05) is 6.42 Å². The van der Waals surface area contributed by atoms with E-state index in [1.54, 1.807) is 6.92 Å². The molecular formula is C11H14O3. The molecule has 1 heterocycles. The average Bonchev–Trinajstić information content (AvgIpc) is 2.17. The molecule has 14 heavy (non-hydrogen) atoms. The highest BCUT2D eigenvalue weighted by Gasteiger charge is 2.21. The van der Waals surface area contributed by atoms with E-state index in [-0.39, 0.29) is 12.2 Å². The predicted octanol–water partition coefficient (Wildman–Crippen LogP) is 1.60. The standard InChI is InChI=1S/C11H14O3/c1-8(12)6-9-7-13-10-4-2-3-5-11(10)14-9/h2-5,8-9,12H,6-7H2,1H3/t8-,9?/m1/s1. The van der Waals surface area contributed by atoms with Crippen molar-refractivity contribution in [3.63, 3.8) is 0 Å². The zero-order valence-corrected chi connectivity index (χ0v) is 8.14. The van der Waals surface area contributed by atoms with E-state index in [1.165, 1.54) is 0 Å². The molecule has 0 radical (unpaired) electrons. The van der Waals surface area contributed by atoms with Gasteiger partial charge in [0.25, 0.3) is 0 Å². The third-order valence-corrected chi connectivity index (χ3v) is 2.17. The summed E-state index contributed by atoms with van der Waals surface area (Å²) in [6.07, 6.45) is 0.215. The van der Waals surface area contributed by atoms with Crippen molar-refractivity contribution in [2.24, 2.45) is 0 Å². The fourth-order valence-corrected chi connectivity index (χ4v) is 1.56. The lowest BCUT2D eigenvalue weighted by atomic mass is 10.1. The number of rotatable bonds is 2. The first-order valence-corrected chi connectivity index (χ1v) is 4.82. The second-order valence-corrected chi connectivity index (χ2v) is 3.58. The minimum atomic E-state index is -0.353. The summed E-state index contributed by atoms with van der Waals surface area (Å²) < 4.78 is 11.2. The molecule has 2 atom stereocenters. The summed E-state index contributed by atoms with van der Waals surface area (Å²) in [5, 5.41) is 9.22. The van der Waals surface area contributed by atoms with Gasteiger partial charge in [0.2, 0.25) is 0 Å². The number of ether oxygens (including phenoxy) is 2. The van der Waals surface area contributed by atoms with Crippen molar-refractivity contribution in [1.82, 2.24) is 0 Å². The molecule has 76 valence electrons. The van der Waals surface area contributed by atoms with Gasteiger partial charge in [0.15, 0.2) is 11.5 Å². The van der Waals surface area contributed by atoms with Crippen LogP contribution in [-0.2, 0) is 0 Å². The van der Waals surface area contributed by atoms with Crippen molar-refractivity contribution in [3.05, 3.63) is 24.3 Å². The van der Waals surface area contributed by atoms with Crippen LogP contribution in [-0.4, -0.2) is 23.9 Å². The molecule has 0 amide bonds. The maximum Gasteiger partial charge on any atom is 0.161 e. The quantitative estimate of drug-likeness (QED) is 0.777. The van der Waals surface area contributed by atoms with Crippen LogP contribution >= 0.6 is 0 Å². The molecule has 1 aromatic rings. The van der Waals surface area contributed by atoms with Gasteiger partial charge in [0.1, 0.15) is 12.7 Å². The van der Waals surface area contributed by atoms with Gasteiger partial charge in [-0.15, -0.1) is 0 Å². The number of hydrogen-bond acceptors (Lipinski definition) is 3. The van der Waals surface area contributed by atoms with E-state index in [1.807, 2.05) is 24.3 Å². The Labute approximate surface area is 83.3 Å². The van der Waals surface area contributed by atoms with E-state index < -0.39 is 0 Å². The van der Waals surface area contributed by atoms with Crippen molar-refractivity contribution in [2.75, 3.05) is 6.61 Å². The second kappa shape index (κ2) is 3.88. The first-order chi connectivity index (χ1) is 6.75. The molecule has 1 N–H and O–H groups in total. The minimum absolute atomic E-state index is 0.0371. The molecule has 0 saturated carbocycles. The van der Waals surface area contributed by atoms with Gasteiger partial charge >= 0.3 is 0 Å². The lowest BCUT2D eigenvalue weighted by molar-refractivity contribution is 0.0482. The number of benzene rings is 1. The predicted molar refractivity (Wildman–Crippen MR) is 52.7 cm³/mol. The average molecular weight is 194 g/mol. The van der Waals surface area contributed by atoms with Crippen LogP contribution in [0.15, 0.2) is 24.3 Å². The maximum atomic E-state index is 9.22. The first-order valence-electron chi connectivity index (χ1n) is 4.82. The Balaban J connectivity index is 2.06. The molecule has 1 unspecified atom stereocenters. The third kappa shape index (κ3) is 1.99. The summed E-state index contributed by atoms with van der Waals surface area (Å²) in [7, 11) is 0. The van der Waals surface area contributed by atoms with E-state index in [0.29, 0.717) is 13.0 Å². The summed E-state index contributed by atoms with van der Waals surface area (Å²) in [6, 6.07) is 7.58. The third-order valence-electron chi connectivity index (χ3n) is 2.17. The van der Waals surface area contributed by atoms with Gasteiger partial charge in [0.05, 0.1) is 6.10 Å². The smallest absolute Gasteiger partial charge is 0.161 e. The van der Waals surface area contributed by atoms with E-state index in [2.05, 4.69) is 0 Å². The molecule has 2 rings (SSSR count). The highest BCUT2D eigenvalue weighted by molar-refractivity contribution is 5.40. The van der Waals surface area contributed by atoms with Crippen LogP contribution in [0.4, 0.5) is 0 Å². The van der Waals surface area contributed by atoms with Crippen molar-refractivity contribution < 1.29 is 14.6 Å². The topological polar surface area (TPSA) is 38.7 Å². The zero-order chi connectivity index (χ0) is 9.97. The Bertz CT molecular complexity index is 309.